The molecular weight excluding hydrogens is 290 g/mol. The van der Waals surface area contributed by atoms with Crippen LogP contribution in [0.25, 0.3) is 0 Å². The van der Waals surface area contributed by atoms with Crippen LogP contribution in [0.1, 0.15) is 31.2 Å². The zero-order chi connectivity index (χ0) is 16.4. The van der Waals surface area contributed by atoms with Crippen molar-refractivity contribution in [2.45, 2.75) is 39.7 Å². The topological polar surface area (TPSA) is 52.6 Å². The third-order valence-electron chi connectivity index (χ3n) is 4.99. The molecule has 1 aromatic rings. The van der Waals surface area contributed by atoms with Crippen molar-refractivity contribution < 1.29 is 4.79 Å². The number of likely N-dealkylation sites (tertiary alicyclic amines) is 1. The number of piperazine rings is 1. The minimum absolute atomic E-state index is 0.0139. The molecule has 2 aliphatic rings. The molecule has 2 saturated heterocycles. The van der Waals surface area contributed by atoms with Gasteiger partial charge in [-0.15, -0.1) is 0 Å². The molecule has 1 aromatic heterocycles. The number of aryl methyl sites for hydroxylation is 2. The highest BCUT2D eigenvalue weighted by atomic mass is 16.2. The van der Waals surface area contributed by atoms with Gasteiger partial charge in [-0.1, -0.05) is 0 Å². The Morgan fingerprint density at radius 2 is 1.74 bits per heavy atom. The van der Waals surface area contributed by atoms with Crippen molar-refractivity contribution in [3.05, 3.63) is 17.6 Å². The summed E-state index contributed by atoms with van der Waals surface area (Å²) in [6.07, 6.45) is 4.11. The van der Waals surface area contributed by atoms with Crippen LogP contribution in [0.5, 0.6) is 0 Å². The first kappa shape index (κ1) is 16.2. The van der Waals surface area contributed by atoms with Gasteiger partial charge < -0.3 is 9.80 Å². The van der Waals surface area contributed by atoms with E-state index >= 15 is 0 Å². The van der Waals surface area contributed by atoms with E-state index in [-0.39, 0.29) is 6.04 Å². The van der Waals surface area contributed by atoms with Gasteiger partial charge in [-0.25, -0.2) is 4.98 Å². The molecule has 0 unspecified atom stereocenters. The lowest BCUT2D eigenvalue weighted by atomic mass is 10.2. The van der Waals surface area contributed by atoms with E-state index in [0.717, 1.165) is 69.3 Å². The lowest BCUT2D eigenvalue weighted by molar-refractivity contribution is -0.135. The maximum Gasteiger partial charge on any atom is 0.239 e. The Bertz CT molecular complexity index is 562. The molecule has 6 heteroatoms. The number of hydrogen-bond acceptors (Lipinski definition) is 5. The SMILES string of the molecule is Cc1cnc(C)c(N2CCN([C@H](C)C(=O)N3CCCC3)CC2)n1. The van der Waals surface area contributed by atoms with E-state index in [4.69, 9.17) is 0 Å². The molecule has 3 heterocycles. The molecule has 2 fully saturated rings. The molecule has 0 saturated carbocycles. The van der Waals surface area contributed by atoms with Gasteiger partial charge >= 0.3 is 0 Å². The second kappa shape index (κ2) is 6.83. The zero-order valence-electron chi connectivity index (χ0n) is 14.5. The molecule has 23 heavy (non-hydrogen) atoms. The maximum atomic E-state index is 12.5. The lowest BCUT2D eigenvalue weighted by Gasteiger charge is -2.39. The fourth-order valence-corrected chi connectivity index (χ4v) is 3.50. The molecule has 0 aliphatic carbocycles. The van der Waals surface area contributed by atoms with Gasteiger partial charge in [0.25, 0.3) is 0 Å². The Morgan fingerprint density at radius 1 is 1.09 bits per heavy atom. The second-order valence-electron chi connectivity index (χ2n) is 6.65. The van der Waals surface area contributed by atoms with Crippen LogP contribution in [0.15, 0.2) is 6.20 Å². The van der Waals surface area contributed by atoms with E-state index in [1.165, 1.54) is 0 Å². The molecule has 126 valence electrons. The number of hydrogen-bond donors (Lipinski definition) is 0. The van der Waals surface area contributed by atoms with Crippen molar-refractivity contribution in [2.75, 3.05) is 44.2 Å². The van der Waals surface area contributed by atoms with Crippen molar-refractivity contribution in [3.8, 4) is 0 Å². The Kier molecular flexibility index (Phi) is 4.80. The van der Waals surface area contributed by atoms with Gasteiger partial charge in [0.15, 0.2) is 0 Å². The smallest absolute Gasteiger partial charge is 0.239 e. The minimum Gasteiger partial charge on any atom is -0.353 e. The Balaban J connectivity index is 1.59. The van der Waals surface area contributed by atoms with Crippen molar-refractivity contribution in [3.63, 3.8) is 0 Å². The van der Waals surface area contributed by atoms with Gasteiger partial charge in [0.1, 0.15) is 5.82 Å². The molecule has 3 rings (SSSR count). The lowest BCUT2D eigenvalue weighted by Crippen LogP contribution is -2.54. The van der Waals surface area contributed by atoms with Gasteiger partial charge in [0.2, 0.25) is 5.91 Å². The first-order valence-electron chi connectivity index (χ1n) is 8.64. The molecule has 6 nitrogen and oxygen atoms in total. The van der Waals surface area contributed by atoms with Crippen LogP contribution in [-0.2, 0) is 4.79 Å². The van der Waals surface area contributed by atoms with E-state index < -0.39 is 0 Å². The molecule has 1 atom stereocenters. The van der Waals surface area contributed by atoms with E-state index in [1.54, 1.807) is 0 Å². The van der Waals surface area contributed by atoms with Gasteiger partial charge in [-0.3, -0.25) is 14.7 Å². The number of amides is 1. The van der Waals surface area contributed by atoms with Crippen LogP contribution in [0, 0.1) is 13.8 Å². The van der Waals surface area contributed by atoms with Crippen LogP contribution >= 0.6 is 0 Å². The monoisotopic (exact) mass is 317 g/mol. The van der Waals surface area contributed by atoms with Crippen molar-refractivity contribution in [2.24, 2.45) is 0 Å². The predicted molar refractivity (Wildman–Crippen MR) is 90.6 cm³/mol. The molecule has 1 amide bonds. The summed E-state index contributed by atoms with van der Waals surface area (Å²) in [7, 11) is 0. The third kappa shape index (κ3) is 3.47. The van der Waals surface area contributed by atoms with E-state index in [1.807, 2.05) is 31.9 Å². The van der Waals surface area contributed by atoms with Crippen LogP contribution in [-0.4, -0.2) is 71.0 Å². The summed E-state index contributed by atoms with van der Waals surface area (Å²) in [5, 5.41) is 0. The highest BCUT2D eigenvalue weighted by molar-refractivity contribution is 5.81. The summed E-state index contributed by atoms with van der Waals surface area (Å²) < 4.78 is 0. The standard InChI is InChI=1S/C17H27N5O/c1-13-12-18-14(2)16(19-13)21-10-8-20(9-11-21)15(3)17(23)22-6-4-5-7-22/h12,15H,4-11H2,1-3H3/t15-/m1/s1. The van der Waals surface area contributed by atoms with Gasteiger partial charge in [0.05, 0.1) is 17.4 Å². The molecule has 2 aliphatic heterocycles. The molecule has 0 radical (unpaired) electrons. The third-order valence-corrected chi connectivity index (χ3v) is 4.99. The first-order chi connectivity index (χ1) is 11.1. The van der Waals surface area contributed by atoms with E-state index in [2.05, 4.69) is 19.8 Å². The number of aromatic nitrogens is 2. The fraction of sp³-hybridized carbons (Fsp3) is 0.706. The van der Waals surface area contributed by atoms with Crippen LogP contribution in [0.4, 0.5) is 5.82 Å². The van der Waals surface area contributed by atoms with Crippen LogP contribution < -0.4 is 4.90 Å². The molecule has 0 spiro atoms. The Labute approximate surface area is 138 Å². The number of rotatable bonds is 3. The summed E-state index contributed by atoms with van der Waals surface area (Å²) in [4.78, 5) is 28.2. The van der Waals surface area contributed by atoms with Crippen molar-refractivity contribution in [1.82, 2.24) is 19.8 Å². The number of carbonyl (C=O) groups excluding carboxylic acids is 1. The van der Waals surface area contributed by atoms with E-state index in [9.17, 15) is 4.79 Å². The predicted octanol–water partition coefficient (Wildman–Crippen LogP) is 1.23. The fourth-order valence-electron chi connectivity index (χ4n) is 3.50. The molecule has 0 N–H and O–H groups in total. The molecule has 0 bridgehead atoms. The second-order valence-corrected chi connectivity index (χ2v) is 6.65. The summed E-state index contributed by atoms with van der Waals surface area (Å²) in [5.41, 5.74) is 1.93. The van der Waals surface area contributed by atoms with Crippen LogP contribution in [0.2, 0.25) is 0 Å². The minimum atomic E-state index is -0.0139. The number of carbonyl (C=O) groups is 1. The van der Waals surface area contributed by atoms with Gasteiger partial charge in [0, 0.05) is 45.5 Å². The highest BCUT2D eigenvalue weighted by Crippen LogP contribution is 2.19. The maximum absolute atomic E-state index is 12.5. The van der Waals surface area contributed by atoms with Crippen LogP contribution in [0.3, 0.4) is 0 Å². The highest BCUT2D eigenvalue weighted by Gasteiger charge is 2.30. The Hall–Kier alpha value is -1.69. The summed E-state index contributed by atoms with van der Waals surface area (Å²) >= 11 is 0. The average Bonchev–Trinajstić information content (AvgIpc) is 3.10. The van der Waals surface area contributed by atoms with Gasteiger partial charge in [-0.2, -0.15) is 0 Å². The van der Waals surface area contributed by atoms with Crippen molar-refractivity contribution in [1.29, 1.82) is 0 Å². The summed E-state index contributed by atoms with van der Waals surface area (Å²) in [6, 6.07) is -0.0139. The normalized spacial score (nSPS) is 20.8. The summed E-state index contributed by atoms with van der Waals surface area (Å²) in [6.45, 7) is 11.5. The Morgan fingerprint density at radius 3 is 2.39 bits per heavy atom. The average molecular weight is 317 g/mol. The molecular formula is C17H27N5O. The largest absolute Gasteiger partial charge is 0.353 e. The first-order valence-corrected chi connectivity index (χ1v) is 8.64. The van der Waals surface area contributed by atoms with Gasteiger partial charge in [-0.05, 0) is 33.6 Å². The number of anilines is 1. The summed E-state index contributed by atoms with van der Waals surface area (Å²) in [5.74, 6) is 1.28. The van der Waals surface area contributed by atoms with Crippen molar-refractivity contribution >= 4 is 11.7 Å². The van der Waals surface area contributed by atoms with E-state index in [0.29, 0.717) is 5.91 Å². The zero-order valence-corrected chi connectivity index (χ0v) is 14.5. The number of nitrogens with zero attached hydrogens (tertiary/aromatic N) is 5. The quantitative estimate of drug-likeness (QED) is 0.839. The molecule has 0 aromatic carbocycles.